The highest BCUT2D eigenvalue weighted by atomic mass is 35.5. The van der Waals surface area contributed by atoms with Crippen LogP contribution in [0, 0.1) is 11.2 Å². The Bertz CT molecular complexity index is 1350. The molecule has 208 valence electrons. The number of pyridine rings is 1. The largest absolute Gasteiger partial charge is 0.488 e. The Balaban J connectivity index is 1.36. The first-order valence-electron chi connectivity index (χ1n) is 12.5. The lowest BCUT2D eigenvalue weighted by atomic mass is 10.0. The van der Waals surface area contributed by atoms with Gasteiger partial charge >= 0.3 is 0 Å². The zero-order valence-electron chi connectivity index (χ0n) is 21.5. The molecule has 39 heavy (non-hydrogen) atoms. The minimum Gasteiger partial charge on any atom is -0.488 e. The third-order valence-corrected chi connectivity index (χ3v) is 7.09. The quantitative estimate of drug-likeness (QED) is 0.286. The Morgan fingerprint density at radius 2 is 2.10 bits per heavy atom. The second kappa shape index (κ2) is 11.9. The Hall–Kier alpha value is -3.26. The van der Waals surface area contributed by atoms with Gasteiger partial charge in [-0.3, -0.25) is 4.90 Å². The number of rotatable bonds is 10. The molecule has 0 aliphatic carbocycles. The molecule has 0 aromatic carbocycles. The number of fused-ring (bicyclic) bond motifs is 1. The molecule has 11 nitrogen and oxygen atoms in total. The van der Waals surface area contributed by atoms with Gasteiger partial charge in [0, 0.05) is 32.0 Å². The van der Waals surface area contributed by atoms with Crippen molar-refractivity contribution in [1.29, 1.82) is 5.41 Å². The number of nitrogens with one attached hydrogen (secondary N) is 2. The number of piperidine rings is 1. The molecule has 0 spiro atoms. The molecule has 3 aromatic heterocycles. The third kappa shape index (κ3) is 6.01. The van der Waals surface area contributed by atoms with Gasteiger partial charge in [-0.25, -0.2) is 23.3 Å². The Morgan fingerprint density at radius 1 is 1.33 bits per heavy atom. The average molecular weight is 563 g/mol. The van der Waals surface area contributed by atoms with Crippen LogP contribution in [-0.2, 0) is 9.47 Å². The first kappa shape index (κ1) is 27.3. The van der Waals surface area contributed by atoms with Crippen LogP contribution < -0.4 is 10.2 Å². The molecule has 2 N–H and O–H groups in total. The fraction of sp³-hybridized carbons (Fsp3) is 0.480. The van der Waals surface area contributed by atoms with E-state index in [4.69, 9.17) is 31.2 Å². The van der Waals surface area contributed by atoms with Crippen LogP contribution in [-0.4, -0.2) is 94.2 Å². The van der Waals surface area contributed by atoms with Crippen molar-refractivity contribution in [2.75, 3.05) is 40.0 Å². The molecule has 2 saturated heterocycles. The van der Waals surface area contributed by atoms with Crippen molar-refractivity contribution in [2.45, 2.75) is 37.7 Å². The van der Waals surface area contributed by atoms with E-state index in [9.17, 15) is 8.78 Å². The van der Waals surface area contributed by atoms with Crippen LogP contribution in [0.2, 0.25) is 5.02 Å². The number of ether oxygens (including phenoxy) is 3. The van der Waals surface area contributed by atoms with Gasteiger partial charge in [0.1, 0.15) is 29.8 Å². The van der Waals surface area contributed by atoms with E-state index in [0.717, 1.165) is 18.9 Å². The number of hydrogen-bond acceptors (Lipinski definition) is 10. The lowest BCUT2D eigenvalue weighted by Gasteiger charge is -2.42. The van der Waals surface area contributed by atoms with Crippen LogP contribution in [0.3, 0.4) is 0 Å². The Labute approximate surface area is 228 Å². The molecular formula is C25H29ClF2N8O3. The average Bonchev–Trinajstić information content (AvgIpc) is 3.26. The van der Waals surface area contributed by atoms with Gasteiger partial charge in [0.05, 0.1) is 54.6 Å². The number of hydrogen-bond donors (Lipinski definition) is 2. The highest BCUT2D eigenvalue weighted by Gasteiger charge is 2.35. The van der Waals surface area contributed by atoms with Crippen LogP contribution in [0.15, 0.2) is 36.0 Å². The van der Waals surface area contributed by atoms with Crippen LogP contribution in [0.25, 0.3) is 5.52 Å². The zero-order chi connectivity index (χ0) is 27.5. The molecule has 0 bridgehead atoms. The maximum atomic E-state index is 15.0. The number of methoxy groups -OCH3 is 1. The lowest BCUT2D eigenvalue weighted by molar-refractivity contribution is -0.0818. The van der Waals surface area contributed by atoms with E-state index in [1.165, 1.54) is 17.8 Å². The minimum absolute atomic E-state index is 0.00874. The Morgan fingerprint density at radius 3 is 2.74 bits per heavy atom. The number of nitrogens with zero attached hydrogens (tertiary/aromatic N) is 6. The first-order chi connectivity index (χ1) is 18.8. The summed E-state index contributed by atoms with van der Waals surface area (Å²) < 4.78 is 46.5. The van der Waals surface area contributed by atoms with Gasteiger partial charge in [0.2, 0.25) is 0 Å². The van der Waals surface area contributed by atoms with Crippen molar-refractivity contribution in [3.05, 3.63) is 53.1 Å². The standard InChI is InChI=1S/C25H29ClF2N8O3/c1-14(29)23(34-33-20-3-4-35(10-19(20)28)17-11-38-12-17)15-5-21(24-18(26)8-32-36(24)9-15)39-13-22(37-2)25-30-6-16(27)7-31-25/h5-9,17,19-20,22,29,33H,3-4,10-13H2,1-2H3/b29-14?,34-23+/t19-,20?,22+/m0/s1. The first-order valence-corrected chi connectivity index (χ1v) is 12.9. The molecule has 1 unspecified atom stereocenters. The lowest BCUT2D eigenvalue weighted by Crippen LogP contribution is -2.57. The van der Waals surface area contributed by atoms with Gasteiger partial charge in [-0.1, -0.05) is 11.6 Å². The van der Waals surface area contributed by atoms with Crippen molar-refractivity contribution in [2.24, 2.45) is 5.10 Å². The van der Waals surface area contributed by atoms with Crippen LogP contribution >= 0.6 is 11.6 Å². The summed E-state index contributed by atoms with van der Waals surface area (Å²) in [6.45, 7) is 3.94. The number of aromatic nitrogens is 4. The number of hydrazone groups is 1. The van der Waals surface area contributed by atoms with E-state index in [2.05, 4.69) is 30.5 Å². The van der Waals surface area contributed by atoms with E-state index in [0.29, 0.717) is 53.7 Å². The molecule has 2 aliphatic heterocycles. The molecule has 2 aliphatic rings. The molecule has 3 atom stereocenters. The van der Waals surface area contributed by atoms with Crippen molar-refractivity contribution >= 4 is 28.5 Å². The van der Waals surface area contributed by atoms with E-state index < -0.39 is 24.1 Å². The van der Waals surface area contributed by atoms with Gasteiger partial charge in [0.15, 0.2) is 17.7 Å². The topological polar surface area (TPSA) is 122 Å². The fourth-order valence-corrected chi connectivity index (χ4v) is 4.76. The van der Waals surface area contributed by atoms with Crippen molar-refractivity contribution in [3.8, 4) is 5.75 Å². The highest BCUT2D eigenvalue weighted by molar-refractivity contribution is 6.46. The number of likely N-dealkylation sites (tertiary alicyclic amines) is 1. The normalized spacial score (nSPS) is 21.5. The summed E-state index contributed by atoms with van der Waals surface area (Å²) in [6, 6.07) is 1.49. The van der Waals surface area contributed by atoms with E-state index in [-0.39, 0.29) is 24.2 Å². The van der Waals surface area contributed by atoms with Crippen LogP contribution in [0.1, 0.15) is 30.8 Å². The summed E-state index contributed by atoms with van der Waals surface area (Å²) in [5.74, 6) is 0.0478. The second-order valence-electron chi connectivity index (χ2n) is 9.49. The fourth-order valence-electron chi connectivity index (χ4n) is 4.54. The zero-order valence-corrected chi connectivity index (χ0v) is 22.2. The highest BCUT2D eigenvalue weighted by Crippen LogP contribution is 2.30. The molecular weight excluding hydrogens is 534 g/mol. The smallest absolute Gasteiger partial charge is 0.160 e. The maximum absolute atomic E-state index is 15.0. The second-order valence-corrected chi connectivity index (χ2v) is 9.89. The third-order valence-electron chi connectivity index (χ3n) is 6.82. The van der Waals surface area contributed by atoms with Gasteiger partial charge < -0.3 is 25.0 Å². The molecule has 5 rings (SSSR count). The van der Waals surface area contributed by atoms with Gasteiger partial charge in [-0.2, -0.15) is 10.2 Å². The molecule has 0 saturated carbocycles. The van der Waals surface area contributed by atoms with E-state index in [1.807, 2.05) is 0 Å². The van der Waals surface area contributed by atoms with E-state index in [1.54, 1.807) is 19.2 Å². The molecule has 0 amide bonds. The van der Waals surface area contributed by atoms with Crippen molar-refractivity contribution in [3.63, 3.8) is 0 Å². The van der Waals surface area contributed by atoms with Gasteiger partial charge in [0.25, 0.3) is 0 Å². The summed E-state index contributed by atoms with van der Waals surface area (Å²) in [4.78, 5) is 10.0. The van der Waals surface area contributed by atoms with Crippen LogP contribution in [0.5, 0.6) is 5.75 Å². The molecule has 5 heterocycles. The summed E-state index contributed by atoms with van der Waals surface area (Å²) in [5.41, 5.74) is 4.45. The maximum Gasteiger partial charge on any atom is 0.160 e. The SMILES string of the molecule is CO[C@H](COc1cc(/C(=N/NC2CCN(C3COC3)C[C@@H]2F)C(C)=N)cn2ncc(Cl)c12)c1ncc(F)cn1. The molecule has 14 heteroatoms. The number of alkyl halides is 1. The van der Waals surface area contributed by atoms with E-state index >= 15 is 0 Å². The van der Waals surface area contributed by atoms with Crippen LogP contribution in [0.4, 0.5) is 8.78 Å². The minimum atomic E-state index is -1.11. The summed E-state index contributed by atoms with van der Waals surface area (Å²) in [5, 5.41) is 17.4. The molecule has 0 radical (unpaired) electrons. The van der Waals surface area contributed by atoms with Crippen molar-refractivity contribution in [1.82, 2.24) is 29.9 Å². The summed E-state index contributed by atoms with van der Waals surface area (Å²) in [6.07, 6.45) is 4.04. The molecule has 2 fully saturated rings. The number of halogens is 3. The van der Waals surface area contributed by atoms with Gasteiger partial charge in [-0.15, -0.1) is 0 Å². The predicted molar refractivity (Wildman–Crippen MR) is 140 cm³/mol. The monoisotopic (exact) mass is 562 g/mol. The summed E-state index contributed by atoms with van der Waals surface area (Å²) >= 11 is 6.38. The molecule has 3 aromatic rings. The summed E-state index contributed by atoms with van der Waals surface area (Å²) in [7, 11) is 1.47. The predicted octanol–water partition coefficient (Wildman–Crippen LogP) is 2.83. The Kier molecular flexibility index (Phi) is 8.31. The van der Waals surface area contributed by atoms with Crippen molar-refractivity contribution < 1.29 is 23.0 Å². The van der Waals surface area contributed by atoms with Gasteiger partial charge in [-0.05, 0) is 19.4 Å².